The summed E-state index contributed by atoms with van der Waals surface area (Å²) in [6, 6.07) is 12.4. The summed E-state index contributed by atoms with van der Waals surface area (Å²) in [5.41, 5.74) is 3.51. The number of halogens is 2. The Labute approximate surface area is 245 Å². The number of imidazole rings is 1. The number of rotatable bonds is 8. The van der Waals surface area contributed by atoms with Crippen LogP contribution in [-0.2, 0) is 6.42 Å². The molecule has 4 aromatic heterocycles. The van der Waals surface area contributed by atoms with Crippen LogP contribution < -0.4 is 10.9 Å². The monoisotopic (exact) mass is 591 g/mol. The molecular weight excluding hydrogens is 565 g/mol. The zero-order chi connectivity index (χ0) is 28.7. The highest BCUT2D eigenvalue weighted by Gasteiger charge is 2.29. The largest absolute Gasteiger partial charge is 0.390 e. The van der Waals surface area contributed by atoms with E-state index in [4.69, 9.17) is 28.2 Å². The summed E-state index contributed by atoms with van der Waals surface area (Å²) in [4.78, 5) is 25.9. The first kappa shape index (κ1) is 27.1. The Morgan fingerprint density at radius 3 is 2.73 bits per heavy atom. The number of benzene rings is 1. The van der Waals surface area contributed by atoms with Crippen LogP contribution in [0.25, 0.3) is 28.1 Å². The minimum atomic E-state index is -0.748. The van der Waals surface area contributed by atoms with Gasteiger partial charge in [-0.1, -0.05) is 23.2 Å². The van der Waals surface area contributed by atoms with Crippen molar-refractivity contribution in [2.24, 2.45) is 0 Å². The highest BCUT2D eigenvalue weighted by Crippen LogP contribution is 2.36. The molecule has 0 radical (unpaired) electrons. The van der Waals surface area contributed by atoms with Gasteiger partial charge in [0.1, 0.15) is 28.8 Å². The van der Waals surface area contributed by atoms with Gasteiger partial charge in [-0.2, -0.15) is 4.68 Å². The molecule has 1 aliphatic rings. The van der Waals surface area contributed by atoms with Crippen LogP contribution in [0, 0.1) is 0 Å². The van der Waals surface area contributed by atoms with Crippen molar-refractivity contribution in [1.82, 2.24) is 39.7 Å². The number of nitrogens with one attached hydrogen (secondary N) is 2. The average molecular weight is 592 g/mol. The van der Waals surface area contributed by atoms with Gasteiger partial charge >= 0.3 is 0 Å². The van der Waals surface area contributed by atoms with Gasteiger partial charge in [-0.05, 0) is 85.5 Å². The summed E-state index contributed by atoms with van der Waals surface area (Å²) in [5, 5.41) is 25.5. The van der Waals surface area contributed by atoms with Crippen molar-refractivity contribution in [2.75, 3.05) is 11.9 Å². The predicted octanol–water partition coefficient (Wildman–Crippen LogP) is 4.69. The molecule has 0 saturated heterocycles. The summed E-state index contributed by atoms with van der Waals surface area (Å²) < 4.78 is 3.30. The standard InChI is InChI=1S/C28H27Cl2N9O2/c1-28(2,41)9-10-31-23-8-3-16(14-32-23)25-26(30)35-27(34-25)22-7-5-19-11-17(12-24(40)39(19)22)20-13-18(29)4-6-21(20)38-15-33-36-37-38/h3-4,6,8,11-15,22,41H,5,7,9-10H2,1-2H3,(H,31,32)(H,34,35)/t22-/m0/s1. The first-order valence-corrected chi connectivity index (χ1v) is 13.9. The number of aryl methyl sites for hydroxylation is 1. The third kappa shape index (κ3) is 5.61. The fourth-order valence-electron chi connectivity index (χ4n) is 5.07. The van der Waals surface area contributed by atoms with Crippen molar-refractivity contribution in [3.05, 3.63) is 87.0 Å². The number of hydrogen-bond donors (Lipinski definition) is 3. The molecule has 0 bridgehead atoms. The Balaban J connectivity index is 1.27. The Kier molecular flexibility index (Phi) is 7.10. The van der Waals surface area contributed by atoms with Gasteiger partial charge in [0, 0.05) is 40.7 Å². The molecule has 5 heterocycles. The van der Waals surface area contributed by atoms with Gasteiger partial charge in [0.2, 0.25) is 0 Å². The van der Waals surface area contributed by atoms with Crippen LogP contribution >= 0.6 is 23.2 Å². The molecule has 0 aliphatic carbocycles. The smallest absolute Gasteiger partial charge is 0.252 e. The topological polar surface area (TPSA) is 139 Å². The van der Waals surface area contributed by atoms with E-state index >= 15 is 0 Å². The van der Waals surface area contributed by atoms with Crippen LogP contribution in [0.5, 0.6) is 0 Å². The van der Waals surface area contributed by atoms with Gasteiger partial charge in [-0.25, -0.2) is 9.97 Å². The summed E-state index contributed by atoms with van der Waals surface area (Å²) in [6.45, 7) is 4.13. The van der Waals surface area contributed by atoms with Crippen molar-refractivity contribution < 1.29 is 5.11 Å². The second-order valence-electron chi connectivity index (χ2n) is 10.6. The van der Waals surface area contributed by atoms with E-state index in [0.717, 1.165) is 22.4 Å². The summed E-state index contributed by atoms with van der Waals surface area (Å²) in [7, 11) is 0. The van der Waals surface area contributed by atoms with E-state index < -0.39 is 5.60 Å². The second-order valence-corrected chi connectivity index (χ2v) is 11.4. The molecule has 0 saturated carbocycles. The minimum absolute atomic E-state index is 0.153. The Morgan fingerprint density at radius 1 is 1.15 bits per heavy atom. The summed E-state index contributed by atoms with van der Waals surface area (Å²) >= 11 is 12.9. The predicted molar refractivity (Wildman–Crippen MR) is 157 cm³/mol. The quantitative estimate of drug-likeness (QED) is 0.236. The zero-order valence-corrected chi connectivity index (χ0v) is 23.9. The molecule has 5 aromatic rings. The molecule has 3 N–H and O–H groups in total. The van der Waals surface area contributed by atoms with Crippen molar-refractivity contribution in [1.29, 1.82) is 0 Å². The van der Waals surface area contributed by atoms with E-state index in [1.165, 1.54) is 6.33 Å². The fourth-order valence-corrected chi connectivity index (χ4v) is 5.49. The maximum Gasteiger partial charge on any atom is 0.252 e. The zero-order valence-electron chi connectivity index (χ0n) is 22.3. The number of pyridine rings is 2. The van der Waals surface area contributed by atoms with E-state index in [0.29, 0.717) is 59.0 Å². The molecular formula is C28H27Cl2N9O2. The Bertz CT molecular complexity index is 1760. The second kappa shape index (κ2) is 10.7. The van der Waals surface area contributed by atoms with Crippen molar-refractivity contribution in [3.8, 4) is 28.1 Å². The minimum Gasteiger partial charge on any atom is -0.390 e. The van der Waals surface area contributed by atoms with Crippen LogP contribution in [0.15, 0.2) is 59.8 Å². The van der Waals surface area contributed by atoms with Crippen LogP contribution in [0.2, 0.25) is 10.2 Å². The lowest BCUT2D eigenvalue weighted by Crippen LogP contribution is -2.24. The molecule has 1 atom stereocenters. The molecule has 13 heteroatoms. The third-order valence-corrected chi connectivity index (χ3v) is 7.58. The lowest BCUT2D eigenvalue weighted by molar-refractivity contribution is 0.0748. The van der Waals surface area contributed by atoms with Crippen molar-refractivity contribution >= 4 is 29.0 Å². The molecule has 1 aromatic carbocycles. The number of nitrogens with zero attached hydrogens (tertiary/aromatic N) is 7. The first-order valence-electron chi connectivity index (χ1n) is 13.1. The average Bonchev–Trinajstić information content (AvgIpc) is 3.68. The summed E-state index contributed by atoms with van der Waals surface area (Å²) in [6.07, 6.45) is 5.17. The molecule has 0 unspecified atom stereocenters. The van der Waals surface area contributed by atoms with Crippen LogP contribution in [0.3, 0.4) is 0 Å². The van der Waals surface area contributed by atoms with E-state index in [1.807, 2.05) is 24.3 Å². The number of H-pyrrole nitrogens is 1. The van der Waals surface area contributed by atoms with Gasteiger partial charge in [0.15, 0.2) is 0 Å². The molecule has 6 rings (SSSR count). The van der Waals surface area contributed by atoms with E-state index in [-0.39, 0.29) is 11.6 Å². The number of tetrazole rings is 1. The number of aromatic nitrogens is 8. The van der Waals surface area contributed by atoms with Crippen molar-refractivity contribution in [2.45, 2.75) is 44.8 Å². The molecule has 11 nitrogen and oxygen atoms in total. The maximum absolute atomic E-state index is 13.5. The van der Waals surface area contributed by atoms with Gasteiger partial charge < -0.3 is 20.0 Å². The number of aliphatic hydroxyl groups is 1. The normalized spacial score (nSPS) is 14.8. The van der Waals surface area contributed by atoms with Crippen molar-refractivity contribution in [3.63, 3.8) is 0 Å². The van der Waals surface area contributed by atoms with Gasteiger partial charge in [0.05, 0.1) is 17.3 Å². The fraction of sp³-hybridized carbons (Fsp3) is 0.286. The number of anilines is 1. The highest BCUT2D eigenvalue weighted by molar-refractivity contribution is 6.32. The molecule has 41 heavy (non-hydrogen) atoms. The van der Waals surface area contributed by atoms with E-state index in [9.17, 15) is 9.90 Å². The third-order valence-electron chi connectivity index (χ3n) is 7.07. The number of hydrogen-bond acceptors (Lipinski definition) is 8. The lowest BCUT2D eigenvalue weighted by atomic mass is 10.0. The molecule has 0 fully saturated rings. The Morgan fingerprint density at radius 2 is 2.00 bits per heavy atom. The highest BCUT2D eigenvalue weighted by atomic mass is 35.5. The van der Waals surface area contributed by atoms with Crippen LogP contribution in [-0.4, -0.2) is 57.0 Å². The van der Waals surface area contributed by atoms with Crippen LogP contribution in [0.1, 0.15) is 44.2 Å². The summed E-state index contributed by atoms with van der Waals surface area (Å²) in [5.74, 6) is 1.31. The number of aromatic amines is 1. The SMILES string of the molecule is CC(C)(O)CCNc1ccc(-c2nc([C@@H]3CCc4cc(-c5cc(Cl)ccc5-n5cnnn5)cc(=O)n43)[nH]c2Cl)cn1. The number of fused-ring (bicyclic) bond motifs is 1. The molecule has 1 aliphatic heterocycles. The Hall–Kier alpha value is -4.06. The molecule has 0 spiro atoms. The van der Waals surface area contributed by atoms with Gasteiger partial charge in [-0.15, -0.1) is 5.10 Å². The first-order chi connectivity index (χ1) is 19.7. The van der Waals surface area contributed by atoms with Gasteiger partial charge in [-0.3, -0.25) is 4.79 Å². The lowest BCUT2D eigenvalue weighted by Gasteiger charge is -2.17. The van der Waals surface area contributed by atoms with Crippen LogP contribution in [0.4, 0.5) is 5.82 Å². The van der Waals surface area contributed by atoms with Gasteiger partial charge in [0.25, 0.3) is 5.56 Å². The molecule has 210 valence electrons. The van der Waals surface area contributed by atoms with E-state index in [1.54, 1.807) is 47.5 Å². The maximum atomic E-state index is 13.5. The molecule has 0 amide bonds. The van der Waals surface area contributed by atoms with E-state index in [2.05, 4.69) is 30.8 Å².